The number of para-hydroxylation sites is 1. The van der Waals surface area contributed by atoms with Gasteiger partial charge >= 0.3 is 0 Å². The van der Waals surface area contributed by atoms with E-state index in [4.69, 9.17) is 0 Å². The maximum atomic E-state index is 12.9. The fraction of sp³-hybridized carbons (Fsp3) is 0.500. The average Bonchev–Trinajstić information content (AvgIpc) is 3.12. The van der Waals surface area contributed by atoms with Gasteiger partial charge < -0.3 is 14.7 Å². The molecule has 30 heavy (non-hydrogen) atoms. The molecule has 0 bridgehead atoms. The molecule has 1 amide bonds. The average molecular weight is 406 g/mol. The summed E-state index contributed by atoms with van der Waals surface area (Å²) in [6.45, 7) is 8.35. The Kier molecular flexibility index (Phi) is 6.55. The van der Waals surface area contributed by atoms with Crippen molar-refractivity contribution >= 4 is 11.6 Å². The Morgan fingerprint density at radius 1 is 1.07 bits per heavy atom. The van der Waals surface area contributed by atoms with Crippen LogP contribution in [-0.2, 0) is 11.2 Å². The van der Waals surface area contributed by atoms with Crippen LogP contribution in [0.2, 0.25) is 0 Å². The van der Waals surface area contributed by atoms with Gasteiger partial charge in [0.05, 0.1) is 0 Å². The summed E-state index contributed by atoms with van der Waals surface area (Å²) in [7, 11) is 2.24. The van der Waals surface area contributed by atoms with Crippen LogP contribution in [0.15, 0.2) is 60.7 Å². The molecule has 2 saturated heterocycles. The summed E-state index contributed by atoms with van der Waals surface area (Å²) in [4.78, 5) is 20.1. The van der Waals surface area contributed by atoms with E-state index in [1.807, 2.05) is 25.1 Å². The summed E-state index contributed by atoms with van der Waals surface area (Å²) in [5, 5.41) is 0. The first-order chi connectivity index (χ1) is 14.6. The molecule has 0 radical (unpaired) electrons. The van der Waals surface area contributed by atoms with E-state index >= 15 is 0 Å². The number of likely N-dealkylation sites (tertiary alicyclic amines) is 2. The van der Waals surface area contributed by atoms with Crippen LogP contribution in [0.1, 0.15) is 25.3 Å². The lowest BCUT2D eigenvalue weighted by Gasteiger charge is -2.46. The summed E-state index contributed by atoms with van der Waals surface area (Å²) >= 11 is 0. The second-order valence-corrected chi connectivity index (χ2v) is 9.23. The molecular weight excluding hydrogens is 370 g/mol. The van der Waals surface area contributed by atoms with Crippen LogP contribution in [0.5, 0.6) is 0 Å². The van der Waals surface area contributed by atoms with E-state index < -0.39 is 0 Å². The molecule has 4 rings (SSSR count). The van der Waals surface area contributed by atoms with Gasteiger partial charge in [0.25, 0.3) is 0 Å². The highest BCUT2D eigenvalue weighted by Crippen LogP contribution is 2.43. The van der Waals surface area contributed by atoms with E-state index in [0.717, 1.165) is 44.8 Å². The number of benzene rings is 2. The minimum atomic E-state index is 0.143. The second-order valence-electron chi connectivity index (χ2n) is 9.23. The van der Waals surface area contributed by atoms with Gasteiger partial charge in [-0.05, 0) is 50.0 Å². The normalized spacial score (nSPS) is 24.5. The van der Waals surface area contributed by atoms with E-state index in [0.29, 0.717) is 12.3 Å². The summed E-state index contributed by atoms with van der Waals surface area (Å²) in [5.74, 6) is 0.886. The number of amides is 1. The van der Waals surface area contributed by atoms with E-state index in [1.54, 1.807) is 0 Å². The molecule has 2 aliphatic rings. The number of carbonyl (C=O) groups excluding carboxylic acids is 1. The van der Waals surface area contributed by atoms with Gasteiger partial charge in [-0.15, -0.1) is 0 Å². The molecule has 0 saturated carbocycles. The Balaban J connectivity index is 1.53. The Morgan fingerprint density at radius 3 is 2.47 bits per heavy atom. The number of nitrogens with zero attached hydrogens (tertiary/aromatic N) is 3. The third kappa shape index (κ3) is 4.60. The summed E-state index contributed by atoms with van der Waals surface area (Å²) in [6, 6.07) is 21.0. The highest BCUT2D eigenvalue weighted by Gasteiger charge is 2.50. The van der Waals surface area contributed by atoms with Gasteiger partial charge in [0, 0.05) is 50.2 Å². The second kappa shape index (κ2) is 9.32. The van der Waals surface area contributed by atoms with Gasteiger partial charge in [0.15, 0.2) is 0 Å². The highest BCUT2D eigenvalue weighted by atomic mass is 16.2. The molecule has 2 heterocycles. The van der Waals surface area contributed by atoms with Crippen molar-refractivity contribution in [1.29, 1.82) is 0 Å². The molecule has 2 fully saturated rings. The van der Waals surface area contributed by atoms with E-state index in [2.05, 4.69) is 64.2 Å². The summed E-state index contributed by atoms with van der Waals surface area (Å²) in [5.41, 5.74) is 2.59. The van der Waals surface area contributed by atoms with Gasteiger partial charge in [-0.3, -0.25) is 4.79 Å². The summed E-state index contributed by atoms with van der Waals surface area (Å²) < 4.78 is 0. The maximum absolute atomic E-state index is 12.9. The molecule has 0 N–H and O–H groups in total. The third-order valence-electron chi connectivity index (χ3n) is 7.02. The molecule has 0 aliphatic carbocycles. The number of rotatable bonds is 7. The quantitative estimate of drug-likeness (QED) is 0.698. The lowest BCUT2D eigenvalue weighted by Crippen LogP contribution is -2.55. The lowest BCUT2D eigenvalue weighted by molar-refractivity contribution is -0.118. The Labute approximate surface area is 181 Å². The number of hydrogen-bond acceptors (Lipinski definition) is 3. The fourth-order valence-electron chi connectivity index (χ4n) is 5.53. The van der Waals surface area contributed by atoms with Crippen LogP contribution in [0.25, 0.3) is 0 Å². The molecule has 2 unspecified atom stereocenters. The maximum Gasteiger partial charge on any atom is 0.226 e. The van der Waals surface area contributed by atoms with Crippen LogP contribution in [0.3, 0.4) is 0 Å². The van der Waals surface area contributed by atoms with Crippen molar-refractivity contribution in [3.8, 4) is 0 Å². The van der Waals surface area contributed by atoms with Gasteiger partial charge in [0.1, 0.15) is 0 Å². The zero-order chi connectivity index (χ0) is 21.0. The van der Waals surface area contributed by atoms with Gasteiger partial charge in [0.2, 0.25) is 5.91 Å². The molecule has 0 spiro atoms. The van der Waals surface area contributed by atoms with Crippen molar-refractivity contribution in [3.63, 3.8) is 0 Å². The zero-order valence-electron chi connectivity index (χ0n) is 18.5. The molecular formula is C26H35N3O. The van der Waals surface area contributed by atoms with Crippen molar-refractivity contribution in [1.82, 2.24) is 9.80 Å². The number of carbonyl (C=O) groups is 1. The van der Waals surface area contributed by atoms with Gasteiger partial charge in [-0.2, -0.15) is 0 Å². The molecule has 2 atom stereocenters. The van der Waals surface area contributed by atoms with Crippen LogP contribution >= 0.6 is 0 Å². The van der Waals surface area contributed by atoms with E-state index in [-0.39, 0.29) is 11.3 Å². The number of anilines is 1. The topological polar surface area (TPSA) is 26.8 Å². The molecule has 2 aliphatic heterocycles. The van der Waals surface area contributed by atoms with Crippen molar-refractivity contribution in [2.45, 2.75) is 26.2 Å². The Hall–Kier alpha value is -2.17. The lowest BCUT2D eigenvalue weighted by atomic mass is 9.72. The van der Waals surface area contributed by atoms with Gasteiger partial charge in [-0.25, -0.2) is 0 Å². The SMILES string of the molecule is CCC(=O)N(CC12CN(C)CC1CCN(CCc1ccccc1)C2)c1ccccc1. The van der Waals surface area contributed by atoms with E-state index in [9.17, 15) is 4.79 Å². The van der Waals surface area contributed by atoms with Gasteiger partial charge in [-0.1, -0.05) is 55.5 Å². The monoisotopic (exact) mass is 405 g/mol. The van der Waals surface area contributed by atoms with Crippen molar-refractivity contribution < 1.29 is 4.79 Å². The Morgan fingerprint density at radius 2 is 1.77 bits per heavy atom. The van der Waals surface area contributed by atoms with Crippen LogP contribution < -0.4 is 4.90 Å². The molecule has 4 heteroatoms. The molecule has 4 nitrogen and oxygen atoms in total. The minimum absolute atomic E-state index is 0.143. The molecule has 2 aromatic rings. The van der Waals surface area contributed by atoms with Crippen molar-refractivity contribution in [2.75, 3.05) is 51.2 Å². The van der Waals surface area contributed by atoms with Crippen LogP contribution in [0.4, 0.5) is 5.69 Å². The largest absolute Gasteiger partial charge is 0.312 e. The predicted octanol–water partition coefficient (Wildman–Crippen LogP) is 3.93. The van der Waals surface area contributed by atoms with Crippen LogP contribution in [0, 0.1) is 11.3 Å². The van der Waals surface area contributed by atoms with E-state index in [1.165, 1.54) is 18.5 Å². The minimum Gasteiger partial charge on any atom is -0.312 e. The fourth-order valence-corrected chi connectivity index (χ4v) is 5.53. The third-order valence-corrected chi connectivity index (χ3v) is 7.02. The predicted molar refractivity (Wildman–Crippen MR) is 124 cm³/mol. The standard InChI is InChI=1S/C26H35N3O/c1-3-25(30)29(24-12-8-5-9-13-24)21-26-19-27(2)18-23(26)15-17-28(20-26)16-14-22-10-6-4-7-11-22/h4-13,23H,3,14-21H2,1-2H3. The number of fused-ring (bicyclic) bond motifs is 1. The molecule has 0 aromatic heterocycles. The smallest absolute Gasteiger partial charge is 0.226 e. The van der Waals surface area contributed by atoms with Crippen molar-refractivity contribution in [2.24, 2.45) is 11.3 Å². The van der Waals surface area contributed by atoms with Crippen molar-refractivity contribution in [3.05, 3.63) is 66.2 Å². The number of piperidine rings is 1. The number of hydrogen-bond donors (Lipinski definition) is 0. The highest BCUT2D eigenvalue weighted by molar-refractivity contribution is 5.93. The Bertz CT molecular complexity index is 825. The molecule has 2 aromatic carbocycles. The van der Waals surface area contributed by atoms with Crippen LogP contribution in [-0.4, -0.2) is 62.0 Å². The first-order valence-corrected chi connectivity index (χ1v) is 11.4. The first kappa shape index (κ1) is 21.1. The molecule has 160 valence electrons. The first-order valence-electron chi connectivity index (χ1n) is 11.4. The zero-order valence-corrected chi connectivity index (χ0v) is 18.5. The summed E-state index contributed by atoms with van der Waals surface area (Å²) in [6.07, 6.45) is 2.86.